The van der Waals surface area contributed by atoms with Gasteiger partial charge in [0, 0.05) is 0 Å². The average Bonchev–Trinajstić information content (AvgIpc) is 2.62. The van der Waals surface area contributed by atoms with Crippen LogP contribution in [-0.2, 0) is 4.74 Å². The molecule has 2 aliphatic rings. The molecule has 3 heteroatoms. The lowest BCUT2D eigenvalue weighted by molar-refractivity contribution is 0.171. The first-order valence-corrected chi connectivity index (χ1v) is 3.66. The molecule has 1 aliphatic heterocycles. The SMILES string of the molecule is CC1(C2CC2)COC(=O)N1. The second-order valence-corrected chi connectivity index (χ2v) is 3.39. The van der Waals surface area contributed by atoms with Gasteiger partial charge in [0.2, 0.25) is 0 Å². The molecule has 56 valence electrons. The molecule has 1 unspecified atom stereocenters. The van der Waals surface area contributed by atoms with Gasteiger partial charge in [0.25, 0.3) is 0 Å². The van der Waals surface area contributed by atoms with Gasteiger partial charge in [-0.05, 0) is 25.7 Å². The molecule has 0 aromatic carbocycles. The minimum absolute atomic E-state index is 0.0446. The molecule has 0 bridgehead atoms. The number of cyclic esters (lactones) is 1. The molecule has 1 amide bonds. The van der Waals surface area contributed by atoms with Crippen molar-refractivity contribution in [1.29, 1.82) is 0 Å². The molecule has 0 aromatic heterocycles. The van der Waals surface area contributed by atoms with Gasteiger partial charge in [0.1, 0.15) is 6.61 Å². The first-order chi connectivity index (χ1) is 4.71. The molecule has 10 heavy (non-hydrogen) atoms. The fourth-order valence-corrected chi connectivity index (χ4v) is 1.46. The zero-order valence-electron chi connectivity index (χ0n) is 6.02. The third-order valence-corrected chi connectivity index (χ3v) is 2.37. The monoisotopic (exact) mass is 141 g/mol. The highest BCUT2D eigenvalue weighted by Crippen LogP contribution is 2.41. The van der Waals surface area contributed by atoms with E-state index in [4.69, 9.17) is 4.74 Å². The number of nitrogens with one attached hydrogen (secondary N) is 1. The zero-order chi connectivity index (χ0) is 7.19. The van der Waals surface area contributed by atoms with E-state index in [1.54, 1.807) is 0 Å². The molecule has 3 nitrogen and oxygen atoms in total. The van der Waals surface area contributed by atoms with Crippen molar-refractivity contribution >= 4 is 6.09 Å². The van der Waals surface area contributed by atoms with Crippen LogP contribution in [0.5, 0.6) is 0 Å². The highest BCUT2D eigenvalue weighted by Gasteiger charge is 2.47. The van der Waals surface area contributed by atoms with Gasteiger partial charge in [-0.1, -0.05) is 0 Å². The Morgan fingerprint density at radius 1 is 1.70 bits per heavy atom. The van der Waals surface area contributed by atoms with Crippen LogP contribution < -0.4 is 5.32 Å². The number of carbonyl (C=O) groups excluding carboxylic acids is 1. The molecule has 1 aliphatic carbocycles. The number of carbonyl (C=O) groups is 1. The van der Waals surface area contributed by atoms with Crippen molar-refractivity contribution in [2.24, 2.45) is 5.92 Å². The minimum Gasteiger partial charge on any atom is -0.447 e. The number of alkyl carbamates (subject to hydrolysis) is 1. The Morgan fingerprint density at radius 2 is 2.40 bits per heavy atom. The molecule has 2 fully saturated rings. The highest BCUT2D eigenvalue weighted by molar-refractivity contribution is 5.70. The van der Waals surface area contributed by atoms with E-state index in [9.17, 15) is 4.79 Å². The van der Waals surface area contributed by atoms with Crippen molar-refractivity contribution < 1.29 is 9.53 Å². The summed E-state index contributed by atoms with van der Waals surface area (Å²) in [6.45, 7) is 2.60. The molecule has 1 heterocycles. The number of hydrogen-bond acceptors (Lipinski definition) is 2. The normalized spacial score (nSPS) is 39.1. The third-order valence-electron chi connectivity index (χ3n) is 2.37. The average molecular weight is 141 g/mol. The summed E-state index contributed by atoms with van der Waals surface area (Å²) in [6.07, 6.45) is 2.22. The Bertz CT molecular complexity index is 176. The Labute approximate surface area is 59.7 Å². The summed E-state index contributed by atoms with van der Waals surface area (Å²) in [5.74, 6) is 0.666. The maximum absolute atomic E-state index is 10.7. The molecular weight excluding hydrogens is 130 g/mol. The maximum atomic E-state index is 10.7. The van der Waals surface area contributed by atoms with Gasteiger partial charge < -0.3 is 10.1 Å². The lowest BCUT2D eigenvalue weighted by atomic mass is 9.98. The molecule has 0 radical (unpaired) electrons. The second-order valence-electron chi connectivity index (χ2n) is 3.39. The maximum Gasteiger partial charge on any atom is 0.407 e. The van der Waals surface area contributed by atoms with E-state index in [-0.39, 0.29) is 11.6 Å². The van der Waals surface area contributed by atoms with Crippen LogP contribution in [0.25, 0.3) is 0 Å². The highest BCUT2D eigenvalue weighted by atomic mass is 16.6. The van der Waals surface area contributed by atoms with Crippen LogP contribution in [0.1, 0.15) is 19.8 Å². The fourth-order valence-electron chi connectivity index (χ4n) is 1.46. The molecule has 1 saturated heterocycles. The van der Waals surface area contributed by atoms with E-state index < -0.39 is 0 Å². The van der Waals surface area contributed by atoms with Gasteiger partial charge in [0.05, 0.1) is 5.54 Å². The van der Waals surface area contributed by atoms with Crippen LogP contribution in [0.15, 0.2) is 0 Å². The van der Waals surface area contributed by atoms with E-state index in [1.165, 1.54) is 12.8 Å². The lowest BCUT2D eigenvalue weighted by Crippen LogP contribution is -2.42. The van der Waals surface area contributed by atoms with Crippen LogP contribution in [0.4, 0.5) is 4.79 Å². The van der Waals surface area contributed by atoms with Gasteiger partial charge in [0.15, 0.2) is 0 Å². The summed E-state index contributed by atoms with van der Waals surface area (Å²) in [4.78, 5) is 10.7. The van der Waals surface area contributed by atoms with E-state index >= 15 is 0 Å². The fraction of sp³-hybridized carbons (Fsp3) is 0.857. The van der Waals surface area contributed by atoms with Crippen molar-refractivity contribution in [3.8, 4) is 0 Å². The predicted octanol–water partition coefficient (Wildman–Crippen LogP) is 0.895. The van der Waals surface area contributed by atoms with E-state index in [2.05, 4.69) is 12.2 Å². The van der Waals surface area contributed by atoms with Crippen molar-refractivity contribution in [2.75, 3.05) is 6.61 Å². The first-order valence-electron chi connectivity index (χ1n) is 3.66. The predicted molar refractivity (Wildman–Crippen MR) is 35.6 cm³/mol. The van der Waals surface area contributed by atoms with Gasteiger partial charge in [-0.3, -0.25) is 0 Å². The Hall–Kier alpha value is -0.730. The largest absolute Gasteiger partial charge is 0.447 e. The Kier molecular flexibility index (Phi) is 0.993. The quantitative estimate of drug-likeness (QED) is 0.589. The number of hydrogen-bond donors (Lipinski definition) is 1. The summed E-state index contributed by atoms with van der Waals surface area (Å²) >= 11 is 0. The van der Waals surface area contributed by atoms with Crippen LogP contribution >= 0.6 is 0 Å². The molecule has 1 N–H and O–H groups in total. The number of ether oxygens (including phenoxy) is 1. The molecule has 0 aromatic rings. The summed E-state index contributed by atoms with van der Waals surface area (Å²) in [5.41, 5.74) is -0.0446. The molecular formula is C7H11NO2. The number of rotatable bonds is 1. The van der Waals surface area contributed by atoms with Gasteiger partial charge in [-0.25, -0.2) is 4.79 Å². The Morgan fingerprint density at radius 3 is 2.80 bits per heavy atom. The molecule has 1 atom stereocenters. The van der Waals surface area contributed by atoms with Gasteiger partial charge >= 0.3 is 6.09 Å². The first kappa shape index (κ1) is 6.01. The molecule has 1 saturated carbocycles. The second kappa shape index (κ2) is 1.65. The van der Waals surface area contributed by atoms with E-state index in [0.717, 1.165) is 0 Å². The summed E-state index contributed by atoms with van der Waals surface area (Å²) in [6, 6.07) is 0. The van der Waals surface area contributed by atoms with Crippen molar-refractivity contribution in [3.63, 3.8) is 0 Å². The van der Waals surface area contributed by atoms with Crippen molar-refractivity contribution in [3.05, 3.63) is 0 Å². The van der Waals surface area contributed by atoms with E-state index in [0.29, 0.717) is 12.5 Å². The zero-order valence-corrected chi connectivity index (χ0v) is 6.02. The molecule has 2 rings (SSSR count). The summed E-state index contributed by atoms with van der Waals surface area (Å²) in [7, 11) is 0. The third kappa shape index (κ3) is 0.770. The van der Waals surface area contributed by atoms with Crippen LogP contribution in [-0.4, -0.2) is 18.2 Å². The summed E-state index contributed by atoms with van der Waals surface area (Å²) in [5, 5.41) is 2.83. The topological polar surface area (TPSA) is 38.3 Å². The van der Waals surface area contributed by atoms with Gasteiger partial charge in [-0.2, -0.15) is 0 Å². The number of amides is 1. The van der Waals surface area contributed by atoms with E-state index in [1.807, 2.05) is 0 Å². The Balaban J connectivity index is 2.08. The standard InChI is InChI=1S/C7H11NO2/c1-7(5-2-3-5)4-10-6(9)8-7/h5H,2-4H2,1H3,(H,8,9). The van der Waals surface area contributed by atoms with Gasteiger partial charge in [-0.15, -0.1) is 0 Å². The smallest absolute Gasteiger partial charge is 0.407 e. The lowest BCUT2D eigenvalue weighted by Gasteiger charge is -2.19. The summed E-state index contributed by atoms with van der Waals surface area (Å²) < 4.78 is 4.82. The minimum atomic E-state index is -0.255. The molecule has 0 spiro atoms. The van der Waals surface area contributed by atoms with Crippen LogP contribution in [0.3, 0.4) is 0 Å². The van der Waals surface area contributed by atoms with Crippen molar-refractivity contribution in [2.45, 2.75) is 25.3 Å². The van der Waals surface area contributed by atoms with Crippen LogP contribution in [0, 0.1) is 5.92 Å². The van der Waals surface area contributed by atoms with Crippen molar-refractivity contribution in [1.82, 2.24) is 5.32 Å². The van der Waals surface area contributed by atoms with Crippen LogP contribution in [0.2, 0.25) is 0 Å².